The van der Waals surface area contributed by atoms with E-state index in [2.05, 4.69) is 11.1 Å². The number of nitrogens with zero attached hydrogens (tertiary/aromatic N) is 2. The van der Waals surface area contributed by atoms with Gasteiger partial charge < -0.3 is 15.6 Å². The van der Waals surface area contributed by atoms with E-state index in [0.29, 0.717) is 22.8 Å². The zero-order chi connectivity index (χ0) is 18.0. The highest BCUT2D eigenvalue weighted by Crippen LogP contribution is 2.40. The van der Waals surface area contributed by atoms with Crippen LogP contribution in [0.4, 0.5) is 5.82 Å². The maximum absolute atomic E-state index is 11.1. The number of rotatable bonds is 5. The van der Waals surface area contributed by atoms with Gasteiger partial charge in [-0.15, -0.1) is 0 Å². The molecular weight excluding hydrogens is 318 g/mol. The Morgan fingerprint density at radius 2 is 2.12 bits per heavy atom. The van der Waals surface area contributed by atoms with Gasteiger partial charge in [0, 0.05) is 22.7 Å². The third-order valence-electron chi connectivity index (χ3n) is 4.53. The molecule has 3 N–H and O–H groups in total. The SMILES string of the molecule is CC(Oc1ccccc1-c1cc(C2CCC2)nc(N)c1C#N)C(=O)O. The summed E-state index contributed by atoms with van der Waals surface area (Å²) < 4.78 is 5.57. The molecule has 1 unspecified atom stereocenters. The third kappa shape index (κ3) is 3.26. The van der Waals surface area contributed by atoms with Crippen molar-refractivity contribution in [1.82, 2.24) is 4.98 Å². The topological polar surface area (TPSA) is 109 Å². The fraction of sp³-hybridized carbons (Fsp3) is 0.316. The first-order valence-corrected chi connectivity index (χ1v) is 8.20. The molecule has 0 radical (unpaired) electrons. The summed E-state index contributed by atoms with van der Waals surface area (Å²) in [7, 11) is 0. The van der Waals surface area contributed by atoms with Gasteiger partial charge in [-0.3, -0.25) is 0 Å². The minimum absolute atomic E-state index is 0.197. The number of hydrogen-bond acceptors (Lipinski definition) is 5. The highest BCUT2D eigenvalue weighted by atomic mass is 16.5. The minimum Gasteiger partial charge on any atom is -0.479 e. The molecule has 0 saturated heterocycles. The zero-order valence-corrected chi connectivity index (χ0v) is 13.9. The smallest absolute Gasteiger partial charge is 0.344 e. The number of ether oxygens (including phenoxy) is 1. The molecule has 3 rings (SSSR count). The molecule has 1 aliphatic carbocycles. The van der Waals surface area contributed by atoms with Crippen LogP contribution in [0.1, 0.15) is 43.4 Å². The molecule has 1 heterocycles. The van der Waals surface area contributed by atoms with Crippen LogP contribution in [0.25, 0.3) is 11.1 Å². The van der Waals surface area contributed by atoms with Crippen molar-refractivity contribution >= 4 is 11.8 Å². The van der Waals surface area contributed by atoms with Crippen molar-refractivity contribution in [3.63, 3.8) is 0 Å². The highest BCUT2D eigenvalue weighted by Gasteiger charge is 2.25. The van der Waals surface area contributed by atoms with Crippen molar-refractivity contribution < 1.29 is 14.6 Å². The maximum Gasteiger partial charge on any atom is 0.344 e. The van der Waals surface area contributed by atoms with E-state index in [-0.39, 0.29) is 11.4 Å². The number of benzene rings is 1. The molecule has 1 aliphatic rings. The highest BCUT2D eigenvalue weighted by molar-refractivity contribution is 5.80. The minimum atomic E-state index is -1.06. The molecule has 6 nitrogen and oxygen atoms in total. The Kier molecular flexibility index (Phi) is 4.57. The van der Waals surface area contributed by atoms with Crippen molar-refractivity contribution in [2.75, 3.05) is 5.73 Å². The molecule has 1 aromatic heterocycles. The lowest BCUT2D eigenvalue weighted by Gasteiger charge is -2.26. The number of pyridine rings is 1. The first-order valence-electron chi connectivity index (χ1n) is 8.20. The number of carboxylic acid groups (broad SMARTS) is 1. The van der Waals surface area contributed by atoms with Gasteiger partial charge in [-0.25, -0.2) is 9.78 Å². The van der Waals surface area contributed by atoms with Gasteiger partial charge in [-0.05, 0) is 31.9 Å². The van der Waals surface area contributed by atoms with Gasteiger partial charge in [0.15, 0.2) is 6.10 Å². The van der Waals surface area contributed by atoms with E-state index in [4.69, 9.17) is 15.6 Å². The second-order valence-corrected chi connectivity index (χ2v) is 6.19. The molecule has 0 bridgehead atoms. The monoisotopic (exact) mass is 337 g/mol. The number of nitrogen functional groups attached to an aromatic ring is 1. The third-order valence-corrected chi connectivity index (χ3v) is 4.53. The van der Waals surface area contributed by atoms with Crippen molar-refractivity contribution in [3.05, 3.63) is 41.6 Å². The number of carbonyl (C=O) groups is 1. The molecule has 1 saturated carbocycles. The van der Waals surface area contributed by atoms with E-state index in [1.54, 1.807) is 18.2 Å². The van der Waals surface area contributed by atoms with Crippen LogP contribution in [-0.4, -0.2) is 22.2 Å². The van der Waals surface area contributed by atoms with Crippen LogP contribution in [0.2, 0.25) is 0 Å². The van der Waals surface area contributed by atoms with Gasteiger partial charge >= 0.3 is 5.97 Å². The Bertz CT molecular complexity index is 853. The Morgan fingerprint density at radius 3 is 2.72 bits per heavy atom. The van der Waals surface area contributed by atoms with Crippen molar-refractivity contribution in [2.24, 2.45) is 0 Å². The van der Waals surface area contributed by atoms with Crippen LogP contribution in [-0.2, 0) is 4.79 Å². The fourth-order valence-corrected chi connectivity index (χ4v) is 2.86. The number of nitriles is 1. The molecule has 2 aromatic rings. The van der Waals surface area contributed by atoms with Crippen molar-refractivity contribution in [3.8, 4) is 22.9 Å². The number of anilines is 1. The number of hydrogen-bond donors (Lipinski definition) is 2. The first kappa shape index (κ1) is 16.8. The maximum atomic E-state index is 11.1. The van der Waals surface area contributed by atoms with E-state index < -0.39 is 12.1 Å². The van der Waals surface area contributed by atoms with Crippen LogP contribution in [0, 0.1) is 11.3 Å². The second kappa shape index (κ2) is 6.81. The Labute approximate surface area is 145 Å². The molecule has 1 fully saturated rings. The summed E-state index contributed by atoms with van der Waals surface area (Å²) in [6, 6.07) is 11.1. The largest absolute Gasteiger partial charge is 0.479 e. The summed E-state index contributed by atoms with van der Waals surface area (Å²) in [5.41, 5.74) is 8.44. The predicted molar refractivity (Wildman–Crippen MR) is 93.1 cm³/mol. The van der Waals surface area contributed by atoms with Crippen LogP contribution < -0.4 is 10.5 Å². The summed E-state index contributed by atoms with van der Waals surface area (Å²) in [6.07, 6.45) is 2.28. The van der Waals surface area contributed by atoms with Crippen LogP contribution >= 0.6 is 0 Å². The summed E-state index contributed by atoms with van der Waals surface area (Å²) in [5, 5.41) is 18.6. The van der Waals surface area contributed by atoms with Gasteiger partial charge in [0.25, 0.3) is 0 Å². The molecule has 0 amide bonds. The summed E-state index contributed by atoms with van der Waals surface area (Å²) in [6.45, 7) is 1.46. The van der Waals surface area contributed by atoms with Gasteiger partial charge in [0.2, 0.25) is 0 Å². The van der Waals surface area contributed by atoms with Gasteiger partial charge in [-0.2, -0.15) is 5.26 Å². The molecule has 0 spiro atoms. The number of nitrogens with two attached hydrogens (primary N) is 1. The van der Waals surface area contributed by atoms with E-state index in [1.165, 1.54) is 6.92 Å². The molecule has 128 valence electrons. The van der Waals surface area contributed by atoms with Crippen molar-refractivity contribution in [2.45, 2.75) is 38.2 Å². The summed E-state index contributed by atoms with van der Waals surface area (Å²) in [4.78, 5) is 15.5. The van der Waals surface area contributed by atoms with Gasteiger partial charge in [0.05, 0.1) is 0 Å². The second-order valence-electron chi connectivity index (χ2n) is 6.19. The Hall–Kier alpha value is -3.07. The van der Waals surface area contributed by atoms with Crippen LogP contribution in [0.15, 0.2) is 30.3 Å². The summed E-state index contributed by atoms with van der Waals surface area (Å²) in [5.74, 6) is -0.0958. The standard InChI is InChI=1S/C19H19N3O3/c1-11(19(23)24)25-17-8-3-2-7-13(17)14-9-16(12-5-4-6-12)22-18(21)15(14)10-20/h2-3,7-9,11-12H,4-6H2,1H3,(H2,21,22)(H,23,24). The van der Waals surface area contributed by atoms with Crippen LogP contribution in [0.3, 0.4) is 0 Å². The van der Waals surface area contributed by atoms with E-state index in [1.807, 2.05) is 12.1 Å². The Morgan fingerprint density at radius 1 is 1.40 bits per heavy atom. The first-order chi connectivity index (χ1) is 12.0. The van der Waals surface area contributed by atoms with Gasteiger partial charge in [-0.1, -0.05) is 24.6 Å². The number of aromatic nitrogens is 1. The van der Waals surface area contributed by atoms with E-state index in [0.717, 1.165) is 25.0 Å². The van der Waals surface area contributed by atoms with Crippen molar-refractivity contribution in [1.29, 1.82) is 5.26 Å². The Balaban J connectivity index is 2.11. The molecule has 1 aromatic carbocycles. The lowest BCUT2D eigenvalue weighted by atomic mass is 9.81. The number of para-hydroxylation sites is 1. The quantitative estimate of drug-likeness (QED) is 0.866. The molecule has 6 heteroatoms. The zero-order valence-electron chi connectivity index (χ0n) is 13.9. The average Bonchev–Trinajstić information content (AvgIpc) is 2.53. The van der Waals surface area contributed by atoms with Gasteiger partial charge in [0.1, 0.15) is 23.2 Å². The lowest BCUT2D eigenvalue weighted by molar-refractivity contribution is -0.144. The molecule has 0 aliphatic heterocycles. The fourth-order valence-electron chi connectivity index (χ4n) is 2.86. The van der Waals surface area contributed by atoms with E-state index >= 15 is 0 Å². The summed E-state index contributed by atoms with van der Waals surface area (Å²) >= 11 is 0. The van der Waals surface area contributed by atoms with Crippen LogP contribution in [0.5, 0.6) is 5.75 Å². The average molecular weight is 337 g/mol. The number of aliphatic carboxylic acids is 1. The lowest BCUT2D eigenvalue weighted by Crippen LogP contribution is -2.23. The van der Waals surface area contributed by atoms with E-state index in [9.17, 15) is 10.1 Å². The number of carboxylic acids is 1. The predicted octanol–water partition coefficient (Wildman–Crippen LogP) is 3.32. The molecule has 25 heavy (non-hydrogen) atoms. The molecule has 1 atom stereocenters. The normalized spacial score (nSPS) is 15.0. The molecular formula is C19H19N3O3.